The third kappa shape index (κ3) is 2.08. The van der Waals surface area contributed by atoms with E-state index in [2.05, 4.69) is 37.3 Å². The lowest BCUT2D eigenvalue weighted by Gasteiger charge is -2.18. The summed E-state index contributed by atoms with van der Waals surface area (Å²) in [4.78, 5) is 0. The highest BCUT2D eigenvalue weighted by molar-refractivity contribution is 6.31. The summed E-state index contributed by atoms with van der Waals surface area (Å²) in [5.74, 6) is 0.452. The molecule has 72 valence electrons. The van der Waals surface area contributed by atoms with E-state index in [0.29, 0.717) is 5.92 Å². The first-order valence-electron chi connectivity index (χ1n) is 4.85. The van der Waals surface area contributed by atoms with Crippen LogP contribution in [0.3, 0.4) is 0 Å². The molecule has 1 atom stereocenters. The van der Waals surface area contributed by atoms with Crippen molar-refractivity contribution in [3.8, 4) is 0 Å². The Morgan fingerprint density at radius 3 is 2.57 bits per heavy atom. The van der Waals surface area contributed by atoms with Gasteiger partial charge < -0.3 is 0 Å². The van der Waals surface area contributed by atoms with E-state index < -0.39 is 0 Å². The molecule has 2 rings (SSSR count). The summed E-state index contributed by atoms with van der Waals surface area (Å²) < 4.78 is 0. The normalized spacial score (nSPS) is 21.4. The minimum Gasteiger partial charge on any atom is -0.0847 e. The predicted octanol–water partition coefficient (Wildman–Crippen LogP) is 4.24. The second kappa shape index (κ2) is 4.02. The van der Waals surface area contributed by atoms with Gasteiger partial charge in [-0.2, -0.15) is 0 Å². The molecule has 0 aromatic heterocycles. The maximum atomic E-state index is 6.04. The van der Waals surface area contributed by atoms with Gasteiger partial charge >= 0.3 is 0 Å². The standard InChI is InChI=1S/C13H13Cl/c1-10-7-12(9-13(14)8-10)11-5-3-2-4-6-11/h2-6,8-9,12H,7H2,1H3. The Kier molecular flexibility index (Phi) is 2.74. The van der Waals surface area contributed by atoms with E-state index in [4.69, 9.17) is 11.6 Å². The molecule has 1 aliphatic rings. The molecule has 0 radical (unpaired) electrons. The van der Waals surface area contributed by atoms with Gasteiger partial charge in [0.2, 0.25) is 0 Å². The van der Waals surface area contributed by atoms with Crippen molar-refractivity contribution in [2.24, 2.45) is 0 Å². The van der Waals surface area contributed by atoms with Crippen molar-refractivity contribution in [2.75, 3.05) is 0 Å². The van der Waals surface area contributed by atoms with Gasteiger partial charge in [0.1, 0.15) is 0 Å². The quantitative estimate of drug-likeness (QED) is 0.642. The summed E-state index contributed by atoms with van der Waals surface area (Å²) in [6, 6.07) is 10.5. The molecule has 1 unspecified atom stereocenters. The largest absolute Gasteiger partial charge is 0.0847 e. The van der Waals surface area contributed by atoms with Crippen molar-refractivity contribution in [3.05, 3.63) is 58.7 Å². The fourth-order valence-corrected chi connectivity index (χ4v) is 2.19. The zero-order valence-corrected chi connectivity index (χ0v) is 8.96. The third-order valence-electron chi connectivity index (χ3n) is 2.51. The van der Waals surface area contributed by atoms with Crippen LogP contribution in [0.5, 0.6) is 0 Å². The number of hydrogen-bond acceptors (Lipinski definition) is 0. The van der Waals surface area contributed by atoms with E-state index >= 15 is 0 Å². The fourth-order valence-electron chi connectivity index (χ4n) is 1.85. The monoisotopic (exact) mass is 204 g/mol. The highest BCUT2D eigenvalue weighted by atomic mass is 35.5. The first-order valence-corrected chi connectivity index (χ1v) is 5.23. The van der Waals surface area contributed by atoms with Crippen molar-refractivity contribution in [2.45, 2.75) is 19.3 Å². The second-order valence-corrected chi connectivity index (χ2v) is 4.20. The number of hydrogen-bond donors (Lipinski definition) is 0. The number of halogens is 1. The van der Waals surface area contributed by atoms with Crippen LogP contribution in [0.1, 0.15) is 24.8 Å². The third-order valence-corrected chi connectivity index (χ3v) is 2.75. The molecule has 0 heterocycles. The Bertz CT molecular complexity index is 373. The number of allylic oxidation sites excluding steroid dienone is 4. The smallest absolute Gasteiger partial charge is 0.0371 e. The van der Waals surface area contributed by atoms with Gasteiger partial charge in [-0.1, -0.05) is 53.6 Å². The first-order chi connectivity index (χ1) is 6.75. The molecule has 0 nitrogen and oxygen atoms in total. The number of benzene rings is 1. The van der Waals surface area contributed by atoms with Gasteiger partial charge in [-0.05, 0) is 25.0 Å². The Balaban J connectivity index is 2.27. The summed E-state index contributed by atoms with van der Waals surface area (Å²) >= 11 is 6.04. The highest BCUT2D eigenvalue weighted by Gasteiger charge is 2.13. The number of rotatable bonds is 1. The summed E-state index contributed by atoms with van der Waals surface area (Å²) in [7, 11) is 0. The Morgan fingerprint density at radius 1 is 1.21 bits per heavy atom. The minimum absolute atomic E-state index is 0.452. The molecule has 0 saturated carbocycles. The first kappa shape index (κ1) is 9.54. The van der Waals surface area contributed by atoms with Gasteiger partial charge in [0, 0.05) is 11.0 Å². The lowest BCUT2D eigenvalue weighted by molar-refractivity contribution is 0.810. The molecular weight excluding hydrogens is 192 g/mol. The van der Waals surface area contributed by atoms with E-state index in [0.717, 1.165) is 11.5 Å². The molecule has 1 aliphatic carbocycles. The van der Waals surface area contributed by atoms with Gasteiger partial charge in [0.05, 0.1) is 0 Å². The van der Waals surface area contributed by atoms with Gasteiger partial charge in [-0.25, -0.2) is 0 Å². The van der Waals surface area contributed by atoms with E-state index in [9.17, 15) is 0 Å². The van der Waals surface area contributed by atoms with Crippen LogP contribution in [0, 0.1) is 0 Å². The molecule has 1 heteroatoms. The molecule has 0 bridgehead atoms. The topological polar surface area (TPSA) is 0 Å². The van der Waals surface area contributed by atoms with Crippen molar-refractivity contribution < 1.29 is 0 Å². The van der Waals surface area contributed by atoms with Crippen molar-refractivity contribution in [1.29, 1.82) is 0 Å². The van der Waals surface area contributed by atoms with Gasteiger partial charge in [-0.3, -0.25) is 0 Å². The summed E-state index contributed by atoms with van der Waals surface area (Å²) in [6.45, 7) is 2.13. The molecule has 0 aliphatic heterocycles. The Labute approximate surface area is 89.9 Å². The van der Waals surface area contributed by atoms with Gasteiger partial charge in [0.25, 0.3) is 0 Å². The van der Waals surface area contributed by atoms with E-state index in [1.807, 2.05) is 12.1 Å². The molecule has 0 N–H and O–H groups in total. The lowest BCUT2D eigenvalue weighted by Crippen LogP contribution is -2.00. The highest BCUT2D eigenvalue weighted by Crippen LogP contribution is 2.31. The fraction of sp³-hybridized carbons (Fsp3) is 0.231. The predicted molar refractivity (Wildman–Crippen MR) is 61.5 cm³/mol. The molecule has 1 aromatic rings. The van der Waals surface area contributed by atoms with Crippen molar-refractivity contribution in [1.82, 2.24) is 0 Å². The van der Waals surface area contributed by atoms with Crippen LogP contribution in [-0.4, -0.2) is 0 Å². The zero-order chi connectivity index (χ0) is 9.97. The van der Waals surface area contributed by atoms with Gasteiger partial charge in [0.15, 0.2) is 0 Å². The molecule has 0 fully saturated rings. The second-order valence-electron chi connectivity index (χ2n) is 3.76. The zero-order valence-electron chi connectivity index (χ0n) is 8.20. The van der Waals surface area contributed by atoms with Crippen molar-refractivity contribution >= 4 is 11.6 Å². The molecule has 0 saturated heterocycles. The summed E-state index contributed by atoms with van der Waals surface area (Å²) in [5, 5.41) is 0.864. The van der Waals surface area contributed by atoms with Gasteiger partial charge in [-0.15, -0.1) is 0 Å². The van der Waals surface area contributed by atoms with E-state index in [-0.39, 0.29) is 0 Å². The average molecular weight is 205 g/mol. The van der Waals surface area contributed by atoms with Crippen LogP contribution in [0.2, 0.25) is 0 Å². The maximum absolute atomic E-state index is 6.04. The van der Waals surface area contributed by atoms with E-state index in [1.54, 1.807) is 0 Å². The molecule has 14 heavy (non-hydrogen) atoms. The summed E-state index contributed by atoms with van der Waals surface area (Å²) in [5.41, 5.74) is 2.70. The minimum atomic E-state index is 0.452. The molecule has 0 spiro atoms. The Hall–Kier alpha value is -1.01. The van der Waals surface area contributed by atoms with Crippen LogP contribution < -0.4 is 0 Å². The van der Waals surface area contributed by atoms with Crippen LogP contribution >= 0.6 is 11.6 Å². The molecule has 1 aromatic carbocycles. The molecule has 0 amide bonds. The maximum Gasteiger partial charge on any atom is 0.0371 e. The summed E-state index contributed by atoms with van der Waals surface area (Å²) in [6.07, 6.45) is 5.26. The van der Waals surface area contributed by atoms with Crippen LogP contribution in [0.25, 0.3) is 0 Å². The lowest BCUT2D eigenvalue weighted by atomic mass is 9.89. The van der Waals surface area contributed by atoms with Crippen LogP contribution in [0.4, 0.5) is 0 Å². The van der Waals surface area contributed by atoms with Crippen LogP contribution in [0.15, 0.2) is 53.1 Å². The van der Waals surface area contributed by atoms with E-state index in [1.165, 1.54) is 11.1 Å². The van der Waals surface area contributed by atoms with Crippen molar-refractivity contribution in [3.63, 3.8) is 0 Å². The van der Waals surface area contributed by atoms with Crippen LogP contribution in [-0.2, 0) is 0 Å². The SMILES string of the molecule is CC1=CC(Cl)=CC(c2ccccc2)C1. The Morgan fingerprint density at radius 2 is 1.93 bits per heavy atom. The molecular formula is C13H13Cl. The average Bonchev–Trinajstić information content (AvgIpc) is 2.18.